The lowest BCUT2D eigenvalue weighted by atomic mass is 10.2. The molecule has 0 aromatic carbocycles. The second kappa shape index (κ2) is 10.6. The van der Waals surface area contributed by atoms with Gasteiger partial charge in [0.15, 0.2) is 0 Å². The first-order chi connectivity index (χ1) is 14.6. The zero-order valence-electron chi connectivity index (χ0n) is 17.1. The summed E-state index contributed by atoms with van der Waals surface area (Å²) in [4.78, 5) is 76.8. The van der Waals surface area contributed by atoms with E-state index in [0.717, 1.165) is 0 Å². The summed E-state index contributed by atoms with van der Waals surface area (Å²) in [5.41, 5.74) is -1.94. The van der Waals surface area contributed by atoms with Crippen molar-refractivity contribution in [1.82, 2.24) is 29.3 Å². The monoisotopic (exact) mass is 452 g/mol. The number of aromatic amines is 2. The molecular formula is C18H24N6O6S. The molecule has 168 valence electrons. The van der Waals surface area contributed by atoms with E-state index in [1.54, 1.807) is 6.92 Å². The SMILES string of the molecule is CC(=O)NC(CS)C(=O)N(CCn1ccc(=O)[nH]c1=O)CCn1cc(C)c(=O)[nH]c1=O. The number of nitrogens with one attached hydrogen (secondary N) is 3. The molecule has 0 spiro atoms. The molecule has 31 heavy (non-hydrogen) atoms. The van der Waals surface area contributed by atoms with Crippen molar-refractivity contribution in [3.63, 3.8) is 0 Å². The molecule has 3 N–H and O–H groups in total. The number of aromatic nitrogens is 4. The first-order valence-corrected chi connectivity index (χ1v) is 10.0. The van der Waals surface area contributed by atoms with Crippen molar-refractivity contribution >= 4 is 24.4 Å². The standard InChI is InChI=1S/C18H24N6O6S/c1-11-9-24(18(30)21-15(11)27)8-6-22(16(28)13(10-31)19-12(2)25)5-7-23-4-3-14(26)20-17(23)29/h3-4,9,13,31H,5-8,10H2,1-2H3,(H,19,25)(H,20,26,29)(H,21,27,30). The summed E-state index contributed by atoms with van der Waals surface area (Å²) < 4.78 is 2.49. The highest BCUT2D eigenvalue weighted by Crippen LogP contribution is 2.01. The van der Waals surface area contributed by atoms with Gasteiger partial charge in [0.1, 0.15) is 6.04 Å². The number of hydrogen-bond acceptors (Lipinski definition) is 7. The Morgan fingerprint density at radius 1 is 1.10 bits per heavy atom. The lowest BCUT2D eigenvalue weighted by Crippen LogP contribution is -2.51. The quantitative estimate of drug-likeness (QED) is 0.312. The molecule has 2 heterocycles. The van der Waals surface area contributed by atoms with Crippen molar-refractivity contribution < 1.29 is 9.59 Å². The second-order valence-corrected chi connectivity index (χ2v) is 7.19. The molecule has 0 aliphatic heterocycles. The van der Waals surface area contributed by atoms with Crippen LogP contribution in [0.2, 0.25) is 0 Å². The number of nitrogens with zero attached hydrogens (tertiary/aromatic N) is 3. The van der Waals surface area contributed by atoms with Gasteiger partial charge in [-0.2, -0.15) is 12.6 Å². The smallest absolute Gasteiger partial charge is 0.328 e. The summed E-state index contributed by atoms with van der Waals surface area (Å²) in [5.74, 6) is -0.806. The number of rotatable bonds is 9. The fourth-order valence-corrected chi connectivity index (χ4v) is 3.09. The Morgan fingerprint density at radius 2 is 1.71 bits per heavy atom. The molecule has 2 aromatic heterocycles. The first kappa shape index (κ1) is 23.9. The van der Waals surface area contributed by atoms with Gasteiger partial charge in [-0.1, -0.05) is 0 Å². The first-order valence-electron chi connectivity index (χ1n) is 9.39. The van der Waals surface area contributed by atoms with E-state index in [1.807, 2.05) is 0 Å². The van der Waals surface area contributed by atoms with Crippen LogP contribution in [-0.2, 0) is 22.7 Å². The number of carbonyl (C=O) groups is 2. The van der Waals surface area contributed by atoms with Crippen LogP contribution in [0.15, 0.2) is 37.6 Å². The van der Waals surface area contributed by atoms with Gasteiger partial charge in [-0.15, -0.1) is 0 Å². The third-order valence-corrected chi connectivity index (χ3v) is 4.84. The van der Waals surface area contributed by atoms with Gasteiger partial charge >= 0.3 is 11.4 Å². The Morgan fingerprint density at radius 3 is 2.29 bits per heavy atom. The fourth-order valence-electron chi connectivity index (χ4n) is 2.85. The minimum atomic E-state index is -0.901. The number of hydrogen-bond donors (Lipinski definition) is 4. The molecular weight excluding hydrogens is 428 g/mol. The van der Waals surface area contributed by atoms with E-state index in [4.69, 9.17) is 0 Å². The van der Waals surface area contributed by atoms with E-state index in [-0.39, 0.29) is 31.9 Å². The maximum atomic E-state index is 13.0. The highest BCUT2D eigenvalue weighted by molar-refractivity contribution is 7.80. The van der Waals surface area contributed by atoms with Crippen LogP contribution in [0.4, 0.5) is 0 Å². The van der Waals surface area contributed by atoms with E-state index in [2.05, 4.69) is 27.9 Å². The third-order valence-electron chi connectivity index (χ3n) is 4.48. The largest absolute Gasteiger partial charge is 0.344 e. The molecule has 1 atom stereocenters. The van der Waals surface area contributed by atoms with Gasteiger partial charge in [0, 0.05) is 62.9 Å². The lowest BCUT2D eigenvalue weighted by molar-refractivity contribution is -0.135. The van der Waals surface area contributed by atoms with Crippen molar-refractivity contribution in [3.05, 3.63) is 65.7 Å². The molecule has 0 saturated heterocycles. The van der Waals surface area contributed by atoms with Crippen molar-refractivity contribution in [2.24, 2.45) is 0 Å². The van der Waals surface area contributed by atoms with Gasteiger partial charge in [-0.3, -0.25) is 38.3 Å². The minimum absolute atomic E-state index is 0.0469. The van der Waals surface area contributed by atoms with Crippen LogP contribution in [0.5, 0.6) is 0 Å². The van der Waals surface area contributed by atoms with Crippen LogP contribution in [0.1, 0.15) is 12.5 Å². The normalized spacial score (nSPS) is 11.7. The van der Waals surface area contributed by atoms with E-state index < -0.39 is 40.4 Å². The number of carbonyl (C=O) groups excluding carboxylic acids is 2. The average molecular weight is 452 g/mol. The van der Waals surface area contributed by atoms with Crippen LogP contribution in [0.25, 0.3) is 0 Å². The third kappa shape index (κ3) is 6.57. The molecule has 1 unspecified atom stereocenters. The maximum absolute atomic E-state index is 13.0. The summed E-state index contributed by atoms with van der Waals surface area (Å²) in [7, 11) is 0. The van der Waals surface area contributed by atoms with Gasteiger partial charge in [0.25, 0.3) is 11.1 Å². The summed E-state index contributed by atoms with van der Waals surface area (Å²) in [6, 6.07) is 0.284. The number of aryl methyl sites for hydroxylation is 1. The van der Waals surface area contributed by atoms with E-state index in [1.165, 1.54) is 39.4 Å². The van der Waals surface area contributed by atoms with Crippen molar-refractivity contribution in [3.8, 4) is 0 Å². The van der Waals surface area contributed by atoms with Gasteiger partial charge in [0.2, 0.25) is 11.8 Å². The predicted molar refractivity (Wildman–Crippen MR) is 115 cm³/mol. The molecule has 2 rings (SSSR count). The molecule has 0 fully saturated rings. The number of amides is 2. The Labute approximate surface area is 181 Å². The Balaban J connectivity index is 2.24. The van der Waals surface area contributed by atoms with Gasteiger partial charge in [-0.05, 0) is 6.92 Å². The predicted octanol–water partition coefficient (Wildman–Crippen LogP) is -2.34. The molecule has 0 saturated carbocycles. The molecule has 0 aliphatic carbocycles. The van der Waals surface area contributed by atoms with Crippen LogP contribution < -0.4 is 27.8 Å². The molecule has 0 bridgehead atoms. The van der Waals surface area contributed by atoms with E-state index in [0.29, 0.717) is 5.56 Å². The molecule has 0 aliphatic rings. The van der Waals surface area contributed by atoms with Gasteiger partial charge < -0.3 is 10.2 Å². The Hall–Kier alpha value is -3.35. The van der Waals surface area contributed by atoms with Gasteiger partial charge in [0.05, 0.1) is 0 Å². The van der Waals surface area contributed by atoms with Crippen molar-refractivity contribution in [2.45, 2.75) is 33.0 Å². The van der Waals surface area contributed by atoms with Crippen LogP contribution in [0, 0.1) is 6.92 Å². The number of thiol groups is 1. The zero-order valence-corrected chi connectivity index (χ0v) is 18.0. The molecule has 12 nitrogen and oxygen atoms in total. The van der Waals surface area contributed by atoms with Crippen molar-refractivity contribution in [1.29, 1.82) is 0 Å². The summed E-state index contributed by atoms with van der Waals surface area (Å²) >= 11 is 4.12. The van der Waals surface area contributed by atoms with E-state index in [9.17, 15) is 28.8 Å². The highest BCUT2D eigenvalue weighted by Gasteiger charge is 2.24. The van der Waals surface area contributed by atoms with Gasteiger partial charge in [-0.25, -0.2) is 9.59 Å². The minimum Gasteiger partial charge on any atom is -0.344 e. The lowest BCUT2D eigenvalue weighted by Gasteiger charge is -2.27. The summed E-state index contributed by atoms with van der Waals surface area (Å²) in [6.45, 7) is 3.09. The average Bonchev–Trinajstić information content (AvgIpc) is 2.70. The fraction of sp³-hybridized carbons (Fsp3) is 0.444. The topological polar surface area (TPSA) is 159 Å². The molecule has 2 aromatic rings. The van der Waals surface area contributed by atoms with E-state index >= 15 is 0 Å². The summed E-state index contributed by atoms with van der Waals surface area (Å²) in [6.07, 6.45) is 2.70. The maximum Gasteiger partial charge on any atom is 0.328 e. The van der Waals surface area contributed by atoms with Crippen LogP contribution in [0.3, 0.4) is 0 Å². The molecule has 2 amide bonds. The molecule has 13 heteroatoms. The van der Waals surface area contributed by atoms with Crippen molar-refractivity contribution in [2.75, 3.05) is 18.8 Å². The van der Waals surface area contributed by atoms with Crippen LogP contribution in [-0.4, -0.2) is 60.7 Å². The second-order valence-electron chi connectivity index (χ2n) is 6.83. The Bertz CT molecular complexity index is 1180. The highest BCUT2D eigenvalue weighted by atomic mass is 32.1. The summed E-state index contributed by atoms with van der Waals surface area (Å²) in [5, 5.41) is 2.51. The Kier molecular flexibility index (Phi) is 8.19. The number of H-pyrrole nitrogens is 2. The molecule has 0 radical (unpaired) electrons. The van der Waals surface area contributed by atoms with Crippen LogP contribution >= 0.6 is 12.6 Å². The zero-order chi connectivity index (χ0) is 23.1.